The van der Waals surface area contributed by atoms with Crippen molar-refractivity contribution in [2.75, 3.05) is 22.1 Å². The maximum atomic E-state index is 13.4. The average molecular weight is 399 g/mol. The number of H-pyrrole nitrogens is 1. The summed E-state index contributed by atoms with van der Waals surface area (Å²) in [7, 11) is 0. The molecule has 1 saturated heterocycles. The van der Waals surface area contributed by atoms with Gasteiger partial charge in [-0.15, -0.1) is 0 Å². The number of anilines is 3. The molecule has 152 valence electrons. The molecule has 1 fully saturated rings. The number of benzene rings is 1. The van der Waals surface area contributed by atoms with E-state index in [4.69, 9.17) is 0 Å². The second kappa shape index (κ2) is 7.65. The fourth-order valence-corrected chi connectivity index (χ4v) is 3.93. The Morgan fingerprint density at radius 2 is 2.14 bits per heavy atom. The molecule has 2 aliphatic heterocycles. The summed E-state index contributed by atoms with van der Waals surface area (Å²) in [6.07, 6.45) is 2.92. The molecule has 0 bridgehead atoms. The van der Waals surface area contributed by atoms with Crippen LogP contribution in [0.25, 0.3) is 0 Å². The van der Waals surface area contributed by atoms with Crippen LogP contribution in [0.3, 0.4) is 0 Å². The van der Waals surface area contributed by atoms with Crippen LogP contribution < -0.4 is 21.1 Å². The van der Waals surface area contributed by atoms with E-state index in [2.05, 4.69) is 27.5 Å². The van der Waals surface area contributed by atoms with Gasteiger partial charge in [0.25, 0.3) is 5.56 Å². The topological polar surface area (TPSA) is 107 Å². The van der Waals surface area contributed by atoms with E-state index in [1.807, 2.05) is 4.90 Å². The van der Waals surface area contributed by atoms with E-state index in [1.165, 1.54) is 24.3 Å². The highest BCUT2D eigenvalue weighted by atomic mass is 19.1. The standard InChI is InChI=1S/C20H22FN5O3/c1-11-5-2-3-8-26(11)20-24-17-16(19(29)25-20)14(10-15(27)23-17)18(28)22-13-7-4-6-12(21)9-13/h4,6-7,9,11,14H,2-3,5,8,10H2,1H3,(H,22,28)(H2,23,24,25,27,29)/t11-,14+/m1/s1. The minimum absolute atomic E-state index is 0.108. The van der Waals surface area contributed by atoms with Crippen molar-refractivity contribution < 1.29 is 14.0 Å². The third-order valence-electron chi connectivity index (χ3n) is 5.42. The van der Waals surface area contributed by atoms with Crippen molar-refractivity contribution in [1.82, 2.24) is 9.97 Å². The van der Waals surface area contributed by atoms with Crippen LogP contribution >= 0.6 is 0 Å². The summed E-state index contributed by atoms with van der Waals surface area (Å²) < 4.78 is 13.4. The molecule has 3 N–H and O–H groups in total. The first-order chi connectivity index (χ1) is 13.9. The van der Waals surface area contributed by atoms with Crippen LogP contribution in [0.4, 0.5) is 21.8 Å². The lowest BCUT2D eigenvalue weighted by atomic mass is 9.92. The van der Waals surface area contributed by atoms with Gasteiger partial charge in [-0.1, -0.05) is 6.07 Å². The van der Waals surface area contributed by atoms with Crippen molar-refractivity contribution in [1.29, 1.82) is 0 Å². The number of piperidine rings is 1. The van der Waals surface area contributed by atoms with E-state index in [0.29, 0.717) is 5.95 Å². The average Bonchev–Trinajstić information content (AvgIpc) is 2.67. The van der Waals surface area contributed by atoms with Crippen molar-refractivity contribution in [2.45, 2.75) is 44.6 Å². The zero-order valence-corrected chi connectivity index (χ0v) is 16.0. The van der Waals surface area contributed by atoms with E-state index < -0.39 is 29.1 Å². The second-order valence-electron chi connectivity index (χ2n) is 7.49. The van der Waals surface area contributed by atoms with Gasteiger partial charge in [0, 0.05) is 24.7 Å². The molecule has 2 aromatic rings. The largest absolute Gasteiger partial charge is 0.340 e. The van der Waals surface area contributed by atoms with Crippen molar-refractivity contribution in [2.24, 2.45) is 0 Å². The number of nitrogens with one attached hydrogen (secondary N) is 3. The summed E-state index contributed by atoms with van der Waals surface area (Å²) in [5, 5.41) is 5.19. The van der Waals surface area contributed by atoms with Crippen LogP contribution in [-0.2, 0) is 9.59 Å². The number of hydrogen-bond acceptors (Lipinski definition) is 5. The molecule has 4 rings (SSSR count). The van der Waals surface area contributed by atoms with Crippen molar-refractivity contribution in [3.63, 3.8) is 0 Å². The van der Waals surface area contributed by atoms with Crippen LogP contribution in [0.2, 0.25) is 0 Å². The molecule has 3 heterocycles. The monoisotopic (exact) mass is 399 g/mol. The number of rotatable bonds is 3. The molecule has 8 nitrogen and oxygen atoms in total. The fourth-order valence-electron chi connectivity index (χ4n) is 3.93. The molecule has 2 amide bonds. The Labute approximate surface area is 166 Å². The third kappa shape index (κ3) is 3.85. The van der Waals surface area contributed by atoms with E-state index in [1.54, 1.807) is 0 Å². The Kier molecular flexibility index (Phi) is 5.04. The highest BCUT2D eigenvalue weighted by Crippen LogP contribution is 2.31. The lowest BCUT2D eigenvalue weighted by Crippen LogP contribution is -2.42. The molecule has 1 aromatic heterocycles. The van der Waals surface area contributed by atoms with E-state index >= 15 is 0 Å². The van der Waals surface area contributed by atoms with Gasteiger partial charge in [0.05, 0.1) is 11.5 Å². The zero-order chi connectivity index (χ0) is 20.5. The van der Waals surface area contributed by atoms with Crippen molar-refractivity contribution in [3.8, 4) is 0 Å². The van der Waals surface area contributed by atoms with Gasteiger partial charge in [-0.3, -0.25) is 19.4 Å². The van der Waals surface area contributed by atoms with Gasteiger partial charge in [-0.25, -0.2) is 4.39 Å². The normalized spacial score (nSPS) is 21.3. The first kappa shape index (κ1) is 19.1. The van der Waals surface area contributed by atoms with Crippen LogP contribution in [0.15, 0.2) is 29.1 Å². The highest BCUT2D eigenvalue weighted by Gasteiger charge is 2.35. The fraction of sp³-hybridized carbons (Fsp3) is 0.400. The lowest BCUT2D eigenvalue weighted by molar-refractivity contribution is -0.123. The van der Waals surface area contributed by atoms with E-state index in [-0.39, 0.29) is 29.5 Å². The maximum absolute atomic E-state index is 13.4. The van der Waals surface area contributed by atoms with Gasteiger partial charge in [0.2, 0.25) is 17.8 Å². The molecule has 0 spiro atoms. The number of fused-ring (bicyclic) bond motifs is 1. The minimum Gasteiger partial charge on any atom is -0.340 e. The second-order valence-corrected chi connectivity index (χ2v) is 7.49. The number of carbonyl (C=O) groups is 2. The van der Waals surface area contributed by atoms with Crippen LogP contribution in [0, 0.1) is 5.82 Å². The summed E-state index contributed by atoms with van der Waals surface area (Å²) in [5.74, 6) is -1.95. The van der Waals surface area contributed by atoms with Crippen molar-refractivity contribution >= 4 is 29.3 Å². The van der Waals surface area contributed by atoms with Gasteiger partial charge >= 0.3 is 0 Å². The molecular formula is C20H22FN5O3. The van der Waals surface area contributed by atoms with Gasteiger partial charge in [-0.2, -0.15) is 4.98 Å². The smallest absolute Gasteiger partial charge is 0.258 e. The van der Waals surface area contributed by atoms with Gasteiger partial charge < -0.3 is 15.5 Å². The summed E-state index contributed by atoms with van der Waals surface area (Å²) in [6, 6.07) is 5.65. The molecule has 0 aliphatic carbocycles. The molecule has 1 aromatic carbocycles. The van der Waals surface area contributed by atoms with Crippen LogP contribution in [0.1, 0.15) is 44.1 Å². The van der Waals surface area contributed by atoms with Gasteiger partial charge in [0.1, 0.15) is 11.6 Å². The molecule has 2 aliphatic rings. The SMILES string of the molecule is C[C@@H]1CCCCN1c1nc2c(c(=O)[nH]1)[C@@H](C(=O)Nc1cccc(F)c1)CC(=O)N2. The Balaban J connectivity index is 1.66. The quantitative estimate of drug-likeness (QED) is 0.734. The Bertz CT molecular complexity index is 1020. The van der Waals surface area contributed by atoms with Gasteiger partial charge in [-0.05, 0) is 44.4 Å². The number of carbonyl (C=O) groups excluding carboxylic acids is 2. The summed E-state index contributed by atoms with van der Waals surface area (Å²) >= 11 is 0. The minimum atomic E-state index is -1.01. The predicted octanol–water partition coefficient (Wildman–Crippen LogP) is 2.35. The van der Waals surface area contributed by atoms with Crippen LogP contribution in [-0.4, -0.2) is 34.4 Å². The predicted molar refractivity (Wildman–Crippen MR) is 107 cm³/mol. The molecule has 9 heteroatoms. The van der Waals surface area contributed by atoms with E-state index in [9.17, 15) is 18.8 Å². The molecule has 29 heavy (non-hydrogen) atoms. The Morgan fingerprint density at radius 3 is 2.90 bits per heavy atom. The number of hydrogen-bond donors (Lipinski definition) is 3. The first-order valence-electron chi connectivity index (χ1n) is 9.69. The summed E-state index contributed by atoms with van der Waals surface area (Å²) in [4.78, 5) is 47.1. The Hall–Kier alpha value is -3.23. The molecule has 0 radical (unpaired) electrons. The molecule has 2 atom stereocenters. The Morgan fingerprint density at radius 1 is 1.31 bits per heavy atom. The molecular weight excluding hydrogens is 377 g/mol. The molecule has 0 saturated carbocycles. The number of amides is 2. The zero-order valence-electron chi connectivity index (χ0n) is 16.0. The highest BCUT2D eigenvalue weighted by molar-refractivity contribution is 6.04. The van der Waals surface area contributed by atoms with E-state index in [0.717, 1.165) is 25.8 Å². The number of halogens is 1. The van der Waals surface area contributed by atoms with Gasteiger partial charge in [0.15, 0.2) is 0 Å². The number of aromatic nitrogens is 2. The number of nitrogens with zero attached hydrogens (tertiary/aromatic N) is 2. The lowest BCUT2D eigenvalue weighted by Gasteiger charge is -2.34. The first-order valence-corrected chi connectivity index (χ1v) is 9.69. The third-order valence-corrected chi connectivity index (χ3v) is 5.42. The number of aromatic amines is 1. The summed E-state index contributed by atoms with van der Waals surface area (Å²) in [5.41, 5.74) is -0.0836. The van der Waals surface area contributed by atoms with Crippen LogP contribution in [0.5, 0.6) is 0 Å². The van der Waals surface area contributed by atoms with Crippen molar-refractivity contribution in [3.05, 3.63) is 46.0 Å². The summed E-state index contributed by atoms with van der Waals surface area (Å²) in [6.45, 7) is 2.83. The molecule has 0 unspecified atom stereocenters. The maximum Gasteiger partial charge on any atom is 0.258 e.